The van der Waals surface area contributed by atoms with Gasteiger partial charge in [0.15, 0.2) is 0 Å². The predicted molar refractivity (Wildman–Crippen MR) is 80.7 cm³/mol. The Bertz CT molecular complexity index is 598. The van der Waals surface area contributed by atoms with Gasteiger partial charge in [0.2, 0.25) is 0 Å². The molecule has 0 fully saturated rings. The van der Waals surface area contributed by atoms with E-state index in [-0.39, 0.29) is 5.92 Å². The lowest BCUT2D eigenvalue weighted by Crippen LogP contribution is -2.25. The van der Waals surface area contributed by atoms with Crippen molar-refractivity contribution < 1.29 is 5.11 Å². The van der Waals surface area contributed by atoms with Crippen LogP contribution in [-0.4, -0.2) is 26.0 Å². The summed E-state index contributed by atoms with van der Waals surface area (Å²) < 4.78 is 1.58. The van der Waals surface area contributed by atoms with Crippen molar-refractivity contribution in [3.63, 3.8) is 0 Å². The number of aliphatic hydroxyl groups is 1. The molecule has 2 unspecified atom stereocenters. The Labute approximate surface area is 127 Å². The number of benzene rings is 1. The van der Waals surface area contributed by atoms with Crippen LogP contribution in [0.5, 0.6) is 0 Å². The molecule has 0 radical (unpaired) electrons. The molecule has 0 aliphatic rings. The fraction of sp³-hybridized carbons (Fsp3) is 0.286. The zero-order valence-corrected chi connectivity index (χ0v) is 12.5. The van der Waals surface area contributed by atoms with Gasteiger partial charge in [-0.05, 0) is 23.3 Å². The minimum absolute atomic E-state index is 0.169. The zero-order chi connectivity index (χ0) is 14.7. The van der Waals surface area contributed by atoms with Crippen LogP contribution in [0.3, 0.4) is 0 Å². The van der Waals surface area contributed by atoms with Crippen LogP contribution in [0, 0.1) is 5.92 Å². The summed E-state index contributed by atoms with van der Waals surface area (Å²) in [5.41, 5.74) is 1.56. The third-order valence-corrected chi connectivity index (χ3v) is 3.79. The van der Waals surface area contributed by atoms with Crippen LogP contribution >= 0.6 is 23.2 Å². The van der Waals surface area contributed by atoms with Crippen molar-refractivity contribution in [3.8, 4) is 0 Å². The Kier molecular flexibility index (Phi) is 4.81. The summed E-state index contributed by atoms with van der Waals surface area (Å²) in [6.45, 7) is 6.28. The largest absolute Gasteiger partial charge is 0.391 e. The highest BCUT2D eigenvalue weighted by atomic mass is 35.5. The second-order valence-corrected chi connectivity index (χ2v) is 5.47. The van der Waals surface area contributed by atoms with Gasteiger partial charge in [0.25, 0.3) is 0 Å². The molecule has 1 aromatic carbocycles. The van der Waals surface area contributed by atoms with Crippen LogP contribution in [0.1, 0.15) is 12.5 Å². The van der Waals surface area contributed by atoms with Crippen molar-refractivity contribution in [2.24, 2.45) is 5.92 Å². The van der Waals surface area contributed by atoms with E-state index in [1.165, 1.54) is 6.33 Å². The summed E-state index contributed by atoms with van der Waals surface area (Å²) >= 11 is 12.0. The number of halogens is 2. The maximum absolute atomic E-state index is 10.2. The van der Waals surface area contributed by atoms with E-state index in [4.69, 9.17) is 23.2 Å². The molecule has 6 heteroatoms. The van der Waals surface area contributed by atoms with E-state index < -0.39 is 6.10 Å². The molecule has 0 saturated carbocycles. The molecule has 0 aliphatic heterocycles. The van der Waals surface area contributed by atoms with Gasteiger partial charge in [0.05, 0.1) is 12.6 Å². The fourth-order valence-electron chi connectivity index (χ4n) is 1.90. The molecule has 106 valence electrons. The molecule has 2 rings (SSSR count). The summed E-state index contributed by atoms with van der Waals surface area (Å²) in [6.07, 6.45) is 2.37. The lowest BCUT2D eigenvalue weighted by molar-refractivity contribution is 0.118. The first-order valence-electron chi connectivity index (χ1n) is 6.13. The number of aromatic nitrogens is 3. The highest BCUT2D eigenvalue weighted by Gasteiger charge is 2.20. The van der Waals surface area contributed by atoms with E-state index in [1.807, 2.05) is 13.0 Å². The van der Waals surface area contributed by atoms with E-state index >= 15 is 0 Å². The van der Waals surface area contributed by atoms with Crippen molar-refractivity contribution >= 4 is 28.8 Å². The van der Waals surface area contributed by atoms with Crippen molar-refractivity contribution in [2.45, 2.75) is 19.6 Å². The van der Waals surface area contributed by atoms with Gasteiger partial charge in [-0.25, -0.2) is 4.98 Å². The topological polar surface area (TPSA) is 50.9 Å². The maximum atomic E-state index is 10.2. The van der Waals surface area contributed by atoms with Gasteiger partial charge >= 0.3 is 0 Å². The van der Waals surface area contributed by atoms with Gasteiger partial charge in [-0.3, -0.25) is 4.68 Å². The first-order valence-corrected chi connectivity index (χ1v) is 6.89. The van der Waals surface area contributed by atoms with Crippen molar-refractivity contribution in [1.29, 1.82) is 0 Å². The van der Waals surface area contributed by atoms with Crippen LogP contribution in [0.15, 0.2) is 37.4 Å². The maximum Gasteiger partial charge on any atom is 0.137 e. The first kappa shape index (κ1) is 15.0. The van der Waals surface area contributed by atoms with Crippen LogP contribution in [0.2, 0.25) is 10.0 Å². The predicted octanol–water partition coefficient (Wildman–Crippen LogP) is 3.30. The second-order valence-electron chi connectivity index (χ2n) is 4.62. The van der Waals surface area contributed by atoms with E-state index in [1.54, 1.807) is 23.1 Å². The smallest absolute Gasteiger partial charge is 0.137 e. The summed E-state index contributed by atoms with van der Waals surface area (Å²) in [6, 6.07) is 5.23. The van der Waals surface area contributed by atoms with Crippen LogP contribution in [0.4, 0.5) is 0 Å². The quantitative estimate of drug-likeness (QED) is 0.921. The number of hydrogen-bond acceptors (Lipinski definition) is 3. The van der Waals surface area contributed by atoms with E-state index in [0.29, 0.717) is 16.6 Å². The lowest BCUT2D eigenvalue weighted by Gasteiger charge is -2.22. The number of aliphatic hydroxyl groups excluding tert-OH is 1. The molecular formula is C14H15Cl2N3O. The lowest BCUT2D eigenvalue weighted by atomic mass is 9.91. The Hall–Kier alpha value is -1.36. The number of hydrogen-bond donors (Lipinski definition) is 1. The third kappa shape index (κ3) is 3.39. The molecule has 0 aliphatic carbocycles. The molecule has 1 heterocycles. The van der Waals surface area contributed by atoms with Gasteiger partial charge in [0, 0.05) is 16.0 Å². The standard InChI is InChI=1S/C14H15Cl2N3O/c1-9(12-4-3-11(15)5-13(12)16)10(2)14(20)6-19-8-17-7-18-19/h3-5,7-8,10,14,20H,1,6H2,2H3. The van der Waals surface area contributed by atoms with Gasteiger partial charge in [0.1, 0.15) is 12.7 Å². The first-order chi connectivity index (χ1) is 9.49. The molecule has 20 heavy (non-hydrogen) atoms. The minimum Gasteiger partial charge on any atom is -0.391 e. The molecule has 1 aromatic heterocycles. The Balaban J connectivity index is 2.11. The normalized spacial score (nSPS) is 14.0. The SMILES string of the molecule is C=C(c1ccc(Cl)cc1Cl)C(C)C(O)Cn1cncn1. The van der Waals surface area contributed by atoms with Gasteiger partial charge in [-0.2, -0.15) is 5.10 Å². The van der Waals surface area contributed by atoms with Crippen LogP contribution in [0.25, 0.3) is 5.57 Å². The van der Waals surface area contributed by atoms with Crippen LogP contribution in [-0.2, 0) is 6.54 Å². The highest BCUT2D eigenvalue weighted by Crippen LogP contribution is 2.31. The molecule has 0 amide bonds. The summed E-state index contributed by atoms with van der Waals surface area (Å²) in [5.74, 6) is -0.169. The Morgan fingerprint density at radius 1 is 1.45 bits per heavy atom. The molecule has 1 N–H and O–H groups in total. The van der Waals surface area contributed by atoms with Crippen molar-refractivity contribution in [1.82, 2.24) is 14.8 Å². The third-order valence-electron chi connectivity index (χ3n) is 3.24. The monoisotopic (exact) mass is 311 g/mol. The number of rotatable bonds is 5. The molecule has 0 spiro atoms. The van der Waals surface area contributed by atoms with Crippen molar-refractivity contribution in [3.05, 3.63) is 53.0 Å². The second kappa shape index (κ2) is 6.39. The molecular weight excluding hydrogens is 297 g/mol. The van der Waals surface area contributed by atoms with E-state index in [0.717, 1.165) is 11.1 Å². The summed E-state index contributed by atoms with van der Waals surface area (Å²) in [5, 5.41) is 15.3. The molecule has 2 atom stereocenters. The Morgan fingerprint density at radius 3 is 2.80 bits per heavy atom. The highest BCUT2D eigenvalue weighted by molar-refractivity contribution is 6.35. The fourth-order valence-corrected chi connectivity index (χ4v) is 2.43. The van der Waals surface area contributed by atoms with Crippen molar-refractivity contribution in [2.75, 3.05) is 0 Å². The van der Waals surface area contributed by atoms with Gasteiger partial charge in [-0.1, -0.05) is 42.8 Å². The minimum atomic E-state index is -0.629. The summed E-state index contributed by atoms with van der Waals surface area (Å²) in [4.78, 5) is 3.84. The Morgan fingerprint density at radius 2 is 2.20 bits per heavy atom. The average molecular weight is 312 g/mol. The molecule has 0 saturated heterocycles. The van der Waals surface area contributed by atoms with Crippen LogP contribution < -0.4 is 0 Å². The summed E-state index contributed by atoms with van der Waals surface area (Å²) in [7, 11) is 0. The molecule has 0 bridgehead atoms. The van der Waals surface area contributed by atoms with Gasteiger partial charge < -0.3 is 5.11 Å². The van der Waals surface area contributed by atoms with Gasteiger partial charge in [-0.15, -0.1) is 0 Å². The number of nitrogens with zero attached hydrogens (tertiary/aromatic N) is 3. The van der Waals surface area contributed by atoms with E-state index in [9.17, 15) is 5.11 Å². The average Bonchev–Trinajstić information content (AvgIpc) is 2.90. The molecule has 4 nitrogen and oxygen atoms in total. The zero-order valence-electron chi connectivity index (χ0n) is 11.0. The van der Waals surface area contributed by atoms with E-state index in [2.05, 4.69) is 16.7 Å². The molecule has 2 aromatic rings.